The molecule has 0 aliphatic rings. The highest BCUT2D eigenvalue weighted by Gasteiger charge is 2.22. The number of primary amides is 1. The van der Waals surface area contributed by atoms with Crippen LogP contribution in [0.15, 0.2) is 18.2 Å². The van der Waals surface area contributed by atoms with E-state index in [0.29, 0.717) is 16.1 Å². The average Bonchev–Trinajstić information content (AvgIpc) is 2.20. The molecule has 88 valence electrons. The molecule has 4 nitrogen and oxygen atoms in total. The molecule has 1 aromatic rings. The summed E-state index contributed by atoms with van der Waals surface area (Å²) < 4.78 is 0. The first-order chi connectivity index (χ1) is 7.43. The van der Waals surface area contributed by atoms with Gasteiger partial charge in [-0.3, -0.25) is 4.79 Å². The maximum atomic E-state index is 10.6. The second kappa shape index (κ2) is 5.30. The number of nitrogens with two attached hydrogens (primary N) is 1. The van der Waals surface area contributed by atoms with Crippen molar-refractivity contribution in [2.24, 2.45) is 5.73 Å². The summed E-state index contributed by atoms with van der Waals surface area (Å²) in [5.74, 6) is -0.661. The number of benzene rings is 1. The van der Waals surface area contributed by atoms with Gasteiger partial charge in [-0.1, -0.05) is 23.7 Å². The van der Waals surface area contributed by atoms with Crippen LogP contribution in [-0.4, -0.2) is 22.2 Å². The fourth-order valence-electron chi connectivity index (χ4n) is 1.47. The molecule has 1 aromatic carbocycles. The number of halogens is 1. The van der Waals surface area contributed by atoms with Gasteiger partial charge in [0, 0.05) is 5.02 Å². The lowest BCUT2D eigenvalue weighted by atomic mass is 9.98. The average molecular weight is 244 g/mol. The minimum absolute atomic E-state index is 0.285. The Kier molecular flexibility index (Phi) is 4.29. The molecule has 0 bridgehead atoms. The maximum Gasteiger partial charge on any atom is 0.220 e. The zero-order valence-electron chi connectivity index (χ0n) is 8.85. The van der Waals surface area contributed by atoms with Gasteiger partial charge in [0.1, 0.15) is 6.10 Å². The Labute approximate surface area is 98.6 Å². The SMILES string of the molecule is Cc1c(Cl)cccc1C(O)C(O)CC(N)=O. The summed E-state index contributed by atoms with van der Waals surface area (Å²) >= 11 is 5.88. The fourth-order valence-corrected chi connectivity index (χ4v) is 1.65. The van der Waals surface area contributed by atoms with E-state index in [-0.39, 0.29) is 6.42 Å². The first kappa shape index (κ1) is 13.0. The van der Waals surface area contributed by atoms with Crippen LogP contribution >= 0.6 is 11.6 Å². The fraction of sp³-hybridized carbons (Fsp3) is 0.364. The van der Waals surface area contributed by atoms with Gasteiger partial charge < -0.3 is 15.9 Å². The molecule has 2 atom stereocenters. The lowest BCUT2D eigenvalue weighted by Gasteiger charge is -2.19. The van der Waals surface area contributed by atoms with Gasteiger partial charge in [0.25, 0.3) is 0 Å². The summed E-state index contributed by atoms with van der Waals surface area (Å²) in [6.07, 6.45) is -2.66. The highest BCUT2D eigenvalue weighted by molar-refractivity contribution is 6.31. The van der Waals surface area contributed by atoms with Crippen LogP contribution in [0.3, 0.4) is 0 Å². The third-order valence-corrected chi connectivity index (χ3v) is 2.81. The third kappa shape index (κ3) is 2.95. The van der Waals surface area contributed by atoms with Crippen molar-refractivity contribution in [3.8, 4) is 0 Å². The maximum absolute atomic E-state index is 10.6. The predicted molar refractivity (Wildman–Crippen MR) is 61.0 cm³/mol. The normalized spacial score (nSPS) is 14.5. The molecule has 0 saturated heterocycles. The van der Waals surface area contributed by atoms with Gasteiger partial charge in [0.15, 0.2) is 0 Å². The van der Waals surface area contributed by atoms with Crippen LogP contribution in [-0.2, 0) is 4.79 Å². The van der Waals surface area contributed by atoms with Gasteiger partial charge >= 0.3 is 0 Å². The topological polar surface area (TPSA) is 83.6 Å². The number of hydrogen-bond acceptors (Lipinski definition) is 3. The Balaban J connectivity index is 2.91. The van der Waals surface area contributed by atoms with Crippen LogP contribution in [0.25, 0.3) is 0 Å². The van der Waals surface area contributed by atoms with Crippen LogP contribution in [0.4, 0.5) is 0 Å². The van der Waals surface area contributed by atoms with E-state index >= 15 is 0 Å². The highest BCUT2D eigenvalue weighted by Crippen LogP contribution is 2.26. The molecular formula is C11H14ClNO3. The number of amides is 1. The Morgan fingerprint density at radius 1 is 1.50 bits per heavy atom. The van der Waals surface area contributed by atoms with E-state index in [1.165, 1.54) is 0 Å². The monoisotopic (exact) mass is 243 g/mol. The van der Waals surface area contributed by atoms with Gasteiger partial charge in [-0.2, -0.15) is 0 Å². The molecule has 0 saturated carbocycles. The summed E-state index contributed by atoms with van der Waals surface area (Å²) in [5, 5.41) is 19.9. The summed E-state index contributed by atoms with van der Waals surface area (Å²) in [7, 11) is 0. The lowest BCUT2D eigenvalue weighted by Crippen LogP contribution is -2.26. The third-order valence-electron chi connectivity index (χ3n) is 2.40. The Bertz CT molecular complexity index is 395. The van der Waals surface area contributed by atoms with E-state index in [2.05, 4.69) is 0 Å². The number of carbonyl (C=O) groups is 1. The molecular weight excluding hydrogens is 230 g/mol. The van der Waals surface area contributed by atoms with Crippen molar-refractivity contribution in [1.82, 2.24) is 0 Å². The first-order valence-electron chi connectivity index (χ1n) is 4.83. The lowest BCUT2D eigenvalue weighted by molar-refractivity contribution is -0.121. The van der Waals surface area contributed by atoms with E-state index in [4.69, 9.17) is 17.3 Å². The second-order valence-corrected chi connectivity index (χ2v) is 4.04. The van der Waals surface area contributed by atoms with Gasteiger partial charge in [0.05, 0.1) is 12.5 Å². The molecule has 0 aliphatic heterocycles. The first-order valence-corrected chi connectivity index (χ1v) is 5.20. The van der Waals surface area contributed by atoms with E-state index in [1.54, 1.807) is 25.1 Å². The second-order valence-electron chi connectivity index (χ2n) is 3.64. The number of aliphatic hydroxyl groups is 2. The number of rotatable bonds is 4. The standard InChI is InChI=1S/C11H14ClNO3/c1-6-7(3-2-4-8(6)12)11(16)9(14)5-10(13)15/h2-4,9,11,14,16H,5H2,1H3,(H2,13,15). The van der Waals surface area contributed by atoms with Crippen molar-refractivity contribution in [1.29, 1.82) is 0 Å². The molecule has 0 aromatic heterocycles. The molecule has 0 heterocycles. The Hall–Kier alpha value is -1.10. The predicted octanol–water partition coefficient (Wildman–Crippen LogP) is 0.918. The summed E-state index contributed by atoms with van der Waals surface area (Å²) in [6, 6.07) is 5.01. The van der Waals surface area contributed by atoms with Crippen LogP contribution in [0.2, 0.25) is 5.02 Å². The zero-order valence-corrected chi connectivity index (χ0v) is 9.61. The highest BCUT2D eigenvalue weighted by atomic mass is 35.5. The summed E-state index contributed by atoms with van der Waals surface area (Å²) in [4.78, 5) is 10.6. The molecule has 4 N–H and O–H groups in total. The number of hydrogen-bond donors (Lipinski definition) is 3. The number of aliphatic hydroxyl groups excluding tert-OH is 2. The van der Waals surface area contributed by atoms with E-state index < -0.39 is 18.1 Å². The molecule has 0 radical (unpaired) electrons. The molecule has 16 heavy (non-hydrogen) atoms. The van der Waals surface area contributed by atoms with Crippen molar-refractivity contribution in [2.45, 2.75) is 25.6 Å². The van der Waals surface area contributed by atoms with Crippen molar-refractivity contribution in [3.05, 3.63) is 34.3 Å². The zero-order chi connectivity index (χ0) is 12.3. The molecule has 0 spiro atoms. The van der Waals surface area contributed by atoms with Crippen molar-refractivity contribution < 1.29 is 15.0 Å². The van der Waals surface area contributed by atoms with Gasteiger partial charge in [-0.25, -0.2) is 0 Å². The minimum Gasteiger partial charge on any atom is -0.390 e. The van der Waals surface area contributed by atoms with Crippen molar-refractivity contribution in [3.63, 3.8) is 0 Å². The summed E-state index contributed by atoms with van der Waals surface area (Å²) in [6.45, 7) is 1.73. The van der Waals surface area contributed by atoms with E-state index in [1.807, 2.05) is 0 Å². The van der Waals surface area contributed by atoms with E-state index in [9.17, 15) is 15.0 Å². The van der Waals surface area contributed by atoms with Crippen LogP contribution in [0.1, 0.15) is 23.7 Å². The van der Waals surface area contributed by atoms with Gasteiger partial charge in [-0.15, -0.1) is 0 Å². The van der Waals surface area contributed by atoms with Crippen molar-refractivity contribution in [2.75, 3.05) is 0 Å². The Morgan fingerprint density at radius 3 is 2.69 bits per heavy atom. The Morgan fingerprint density at radius 2 is 2.12 bits per heavy atom. The van der Waals surface area contributed by atoms with E-state index in [0.717, 1.165) is 0 Å². The minimum atomic E-state index is -1.21. The van der Waals surface area contributed by atoms with Crippen LogP contribution in [0, 0.1) is 6.92 Å². The van der Waals surface area contributed by atoms with Crippen LogP contribution in [0.5, 0.6) is 0 Å². The molecule has 1 rings (SSSR count). The smallest absolute Gasteiger partial charge is 0.220 e. The largest absolute Gasteiger partial charge is 0.390 e. The van der Waals surface area contributed by atoms with Crippen molar-refractivity contribution >= 4 is 17.5 Å². The number of carbonyl (C=O) groups excluding carboxylic acids is 1. The van der Waals surface area contributed by atoms with Gasteiger partial charge in [0.2, 0.25) is 5.91 Å². The summed E-state index contributed by atoms with van der Waals surface area (Å²) in [5.41, 5.74) is 6.12. The van der Waals surface area contributed by atoms with Gasteiger partial charge in [-0.05, 0) is 24.1 Å². The molecule has 1 amide bonds. The molecule has 0 fully saturated rings. The molecule has 2 unspecified atom stereocenters. The molecule has 0 aliphatic carbocycles. The van der Waals surface area contributed by atoms with Crippen LogP contribution < -0.4 is 5.73 Å². The quantitative estimate of drug-likeness (QED) is 0.735. The molecule has 5 heteroatoms.